The molecule has 2 aromatic rings. The van der Waals surface area contributed by atoms with Crippen LogP contribution in [0.2, 0.25) is 0 Å². The summed E-state index contributed by atoms with van der Waals surface area (Å²) in [5.74, 6) is 1.18. The molecule has 1 amide bonds. The molecule has 0 aliphatic heterocycles. The van der Waals surface area contributed by atoms with Crippen LogP contribution in [0.5, 0.6) is 0 Å². The fourth-order valence-electron chi connectivity index (χ4n) is 1.68. The second-order valence-electron chi connectivity index (χ2n) is 4.24. The van der Waals surface area contributed by atoms with Crippen LogP contribution in [0.3, 0.4) is 0 Å². The molecule has 1 radical (unpaired) electrons. The van der Waals surface area contributed by atoms with Crippen LogP contribution in [0, 0.1) is 0 Å². The molecule has 103 valence electrons. The fourth-order valence-corrected chi connectivity index (χ4v) is 1.68. The summed E-state index contributed by atoms with van der Waals surface area (Å²) in [6.45, 7) is 2.53. The quantitative estimate of drug-likeness (QED) is 0.807. The Balaban J connectivity index is 2.07. The Hall–Kier alpha value is -2.63. The highest BCUT2D eigenvalue weighted by atomic mass is 16.1. The first kappa shape index (κ1) is 13.8. The van der Waals surface area contributed by atoms with Crippen LogP contribution in [0.4, 0.5) is 11.6 Å². The molecule has 20 heavy (non-hydrogen) atoms. The molecule has 1 aromatic heterocycles. The van der Waals surface area contributed by atoms with Gasteiger partial charge in [-0.05, 0) is 0 Å². The van der Waals surface area contributed by atoms with Crippen LogP contribution >= 0.6 is 0 Å². The van der Waals surface area contributed by atoms with E-state index in [1.807, 2.05) is 30.3 Å². The van der Waals surface area contributed by atoms with Crippen molar-refractivity contribution in [3.05, 3.63) is 36.4 Å². The van der Waals surface area contributed by atoms with E-state index in [1.165, 1.54) is 6.92 Å². The molecule has 0 unspecified atom stereocenters. The Morgan fingerprint density at radius 2 is 1.95 bits per heavy atom. The van der Waals surface area contributed by atoms with Crippen molar-refractivity contribution in [2.24, 2.45) is 0 Å². The predicted molar refractivity (Wildman–Crippen MR) is 77.4 cm³/mol. The van der Waals surface area contributed by atoms with E-state index in [4.69, 9.17) is 5.73 Å². The molecular formula is C14H16N5O. The second-order valence-corrected chi connectivity index (χ2v) is 4.24. The largest absolute Gasteiger partial charge is 0.368 e. The number of carbonyl (C=O) groups excluding carboxylic acids is 1. The zero-order valence-electron chi connectivity index (χ0n) is 11.2. The van der Waals surface area contributed by atoms with E-state index < -0.39 is 0 Å². The van der Waals surface area contributed by atoms with E-state index >= 15 is 0 Å². The van der Waals surface area contributed by atoms with Gasteiger partial charge in [0.05, 0.1) is 0 Å². The van der Waals surface area contributed by atoms with Crippen LogP contribution in [-0.4, -0.2) is 29.0 Å². The van der Waals surface area contributed by atoms with Gasteiger partial charge in [0.25, 0.3) is 0 Å². The van der Waals surface area contributed by atoms with E-state index in [9.17, 15) is 4.79 Å². The van der Waals surface area contributed by atoms with Crippen LogP contribution in [0.25, 0.3) is 11.4 Å². The molecule has 1 aromatic carbocycles. The summed E-state index contributed by atoms with van der Waals surface area (Å²) in [7, 11) is 0. The number of hydrogen-bond donors (Lipinski definition) is 2. The molecule has 3 N–H and O–H groups in total. The first-order valence-electron chi connectivity index (χ1n) is 6.29. The van der Waals surface area contributed by atoms with Crippen LogP contribution in [0.15, 0.2) is 36.4 Å². The Bertz CT molecular complexity index is 585. The average Bonchev–Trinajstić information content (AvgIpc) is 2.44. The minimum Gasteiger partial charge on any atom is -0.368 e. The number of nitrogens with one attached hydrogen (secondary N) is 3. The lowest BCUT2D eigenvalue weighted by atomic mass is 10.2. The second kappa shape index (κ2) is 6.51. The molecule has 0 saturated carbocycles. The number of carbonyl (C=O) groups is 1. The highest BCUT2D eigenvalue weighted by Crippen LogP contribution is 2.18. The first-order chi connectivity index (χ1) is 9.65. The molecule has 6 nitrogen and oxygen atoms in total. The number of hydrogen-bond acceptors (Lipinski definition) is 4. The van der Waals surface area contributed by atoms with E-state index in [1.54, 1.807) is 6.07 Å². The molecule has 0 bridgehead atoms. The van der Waals surface area contributed by atoms with Gasteiger partial charge >= 0.3 is 0 Å². The molecule has 6 heteroatoms. The third-order valence-corrected chi connectivity index (χ3v) is 2.56. The highest BCUT2D eigenvalue weighted by Gasteiger charge is 2.05. The van der Waals surface area contributed by atoms with Crippen molar-refractivity contribution >= 4 is 17.5 Å². The van der Waals surface area contributed by atoms with Crippen LogP contribution in [0.1, 0.15) is 6.92 Å². The summed E-state index contributed by atoms with van der Waals surface area (Å²) < 4.78 is 0. The van der Waals surface area contributed by atoms with Crippen molar-refractivity contribution in [1.29, 1.82) is 0 Å². The van der Waals surface area contributed by atoms with Crippen LogP contribution in [-0.2, 0) is 4.79 Å². The Kier molecular flexibility index (Phi) is 4.49. The van der Waals surface area contributed by atoms with Gasteiger partial charge in [-0.2, -0.15) is 0 Å². The molecule has 0 aliphatic rings. The van der Waals surface area contributed by atoms with Gasteiger partial charge in [0.15, 0.2) is 11.6 Å². The van der Waals surface area contributed by atoms with Crippen molar-refractivity contribution in [3.8, 4) is 11.4 Å². The van der Waals surface area contributed by atoms with E-state index in [-0.39, 0.29) is 11.7 Å². The first-order valence-corrected chi connectivity index (χ1v) is 6.29. The zero-order chi connectivity index (χ0) is 14.4. The number of benzene rings is 1. The molecule has 0 aliphatic carbocycles. The van der Waals surface area contributed by atoms with Crippen molar-refractivity contribution < 1.29 is 4.79 Å². The van der Waals surface area contributed by atoms with Crippen molar-refractivity contribution in [2.75, 3.05) is 18.4 Å². The Labute approximate surface area is 117 Å². The zero-order valence-corrected chi connectivity index (χ0v) is 11.2. The summed E-state index contributed by atoms with van der Waals surface area (Å²) in [6.07, 6.45) is 0. The smallest absolute Gasteiger partial charge is 0.216 e. The summed E-state index contributed by atoms with van der Waals surface area (Å²) in [5.41, 5.74) is 8.58. The lowest BCUT2D eigenvalue weighted by Crippen LogP contribution is -2.26. The predicted octanol–water partition coefficient (Wildman–Crippen LogP) is 1.61. The van der Waals surface area contributed by atoms with Crippen molar-refractivity contribution in [3.63, 3.8) is 0 Å². The van der Waals surface area contributed by atoms with Gasteiger partial charge < -0.3 is 10.6 Å². The maximum Gasteiger partial charge on any atom is 0.216 e. The summed E-state index contributed by atoms with van der Waals surface area (Å²) in [5, 5.41) is 5.75. The van der Waals surface area contributed by atoms with Gasteiger partial charge in [-0.1, -0.05) is 30.3 Å². The Morgan fingerprint density at radius 1 is 1.20 bits per heavy atom. The van der Waals surface area contributed by atoms with E-state index in [0.717, 1.165) is 5.56 Å². The van der Waals surface area contributed by atoms with Crippen molar-refractivity contribution in [1.82, 2.24) is 21.0 Å². The standard InChI is InChI=1S/C14H16N5O/c1-10(20)16-7-8-17-13-9-12(15)18-14(19-13)11-5-3-2-4-6-11/h2-6,9,15H,7-8H2,1H3,(H,16,20)(H,17,18,19). The minimum absolute atomic E-state index is 0.0688. The van der Waals surface area contributed by atoms with E-state index in [0.29, 0.717) is 24.7 Å². The minimum atomic E-state index is -0.0688. The lowest BCUT2D eigenvalue weighted by Gasteiger charge is -2.08. The van der Waals surface area contributed by atoms with Gasteiger partial charge in [0.1, 0.15) is 5.82 Å². The molecular weight excluding hydrogens is 254 g/mol. The third kappa shape index (κ3) is 3.94. The van der Waals surface area contributed by atoms with Gasteiger partial charge in [-0.3, -0.25) is 10.5 Å². The Morgan fingerprint density at radius 3 is 2.65 bits per heavy atom. The summed E-state index contributed by atoms with van der Waals surface area (Å²) in [6, 6.07) is 11.1. The van der Waals surface area contributed by atoms with E-state index in [2.05, 4.69) is 20.6 Å². The number of rotatable bonds is 5. The fraction of sp³-hybridized carbons (Fsp3) is 0.214. The third-order valence-electron chi connectivity index (χ3n) is 2.56. The van der Waals surface area contributed by atoms with Crippen molar-refractivity contribution in [2.45, 2.75) is 6.92 Å². The van der Waals surface area contributed by atoms with Gasteiger partial charge in [0.2, 0.25) is 5.91 Å². The van der Waals surface area contributed by atoms with Gasteiger partial charge in [-0.25, -0.2) is 9.97 Å². The number of anilines is 1. The highest BCUT2D eigenvalue weighted by molar-refractivity contribution is 5.72. The van der Waals surface area contributed by atoms with Crippen LogP contribution < -0.4 is 16.4 Å². The summed E-state index contributed by atoms with van der Waals surface area (Å²) in [4.78, 5) is 19.2. The number of amides is 1. The summed E-state index contributed by atoms with van der Waals surface area (Å²) >= 11 is 0. The van der Waals surface area contributed by atoms with Gasteiger partial charge in [0, 0.05) is 31.6 Å². The average molecular weight is 270 g/mol. The topological polar surface area (TPSA) is 90.7 Å². The lowest BCUT2D eigenvalue weighted by molar-refractivity contribution is -0.118. The SMILES string of the molecule is CC(=O)NCCNc1cc([NH])nc(-c2ccccc2)n1. The number of aromatic nitrogens is 2. The molecule has 0 spiro atoms. The molecule has 0 fully saturated rings. The molecule has 1 heterocycles. The molecule has 0 saturated heterocycles. The maximum absolute atomic E-state index is 10.8. The molecule has 0 atom stereocenters. The normalized spacial score (nSPS) is 10.1. The number of nitrogens with zero attached hydrogens (tertiary/aromatic N) is 2. The maximum atomic E-state index is 10.8. The monoisotopic (exact) mass is 270 g/mol. The van der Waals surface area contributed by atoms with Gasteiger partial charge in [-0.15, -0.1) is 0 Å². The molecule has 2 rings (SSSR count).